The average Bonchev–Trinajstić information content (AvgIpc) is 2.77. The maximum absolute atomic E-state index is 12.6. The number of amides is 1. The summed E-state index contributed by atoms with van der Waals surface area (Å²) in [6.45, 7) is 0.361. The van der Waals surface area contributed by atoms with Gasteiger partial charge in [0.1, 0.15) is 0 Å². The molecule has 1 atom stereocenters. The molecule has 0 bridgehead atoms. The Morgan fingerprint density at radius 1 is 1.25 bits per heavy atom. The topological polar surface area (TPSA) is 93.8 Å². The summed E-state index contributed by atoms with van der Waals surface area (Å²) in [6, 6.07) is 12.5. The fraction of sp³-hybridized carbons (Fsp3) is 0.211. The van der Waals surface area contributed by atoms with Gasteiger partial charge in [0.25, 0.3) is 12.1 Å². The minimum atomic E-state index is -1.31. The van der Waals surface area contributed by atoms with E-state index in [1.807, 2.05) is 12.1 Å². The van der Waals surface area contributed by atoms with Gasteiger partial charge in [-0.15, -0.1) is 17.0 Å². The molecule has 3 N–H and O–H groups in total. The lowest BCUT2D eigenvalue weighted by Crippen LogP contribution is -2.30. The van der Waals surface area contributed by atoms with Crippen LogP contribution in [0.2, 0.25) is 5.02 Å². The van der Waals surface area contributed by atoms with Crippen LogP contribution in [0.15, 0.2) is 51.9 Å². The van der Waals surface area contributed by atoms with E-state index in [0.717, 1.165) is 4.47 Å². The van der Waals surface area contributed by atoms with Crippen LogP contribution < -0.4 is 11.1 Å². The molecule has 6 nitrogen and oxygen atoms in total. The van der Waals surface area contributed by atoms with E-state index >= 15 is 0 Å². The maximum atomic E-state index is 12.6. The van der Waals surface area contributed by atoms with Crippen LogP contribution in [0.1, 0.15) is 24.0 Å². The minimum absolute atomic E-state index is 0. The van der Waals surface area contributed by atoms with Gasteiger partial charge in [0.15, 0.2) is 0 Å². The Balaban J connectivity index is 0.00000280. The van der Waals surface area contributed by atoms with Crippen LogP contribution in [-0.4, -0.2) is 30.4 Å². The van der Waals surface area contributed by atoms with E-state index in [4.69, 9.17) is 22.1 Å². The van der Waals surface area contributed by atoms with Crippen molar-refractivity contribution in [1.29, 1.82) is 0 Å². The Hall–Kier alpha value is -1.74. The smallest absolute Gasteiger partial charge is 0.308 e. The summed E-state index contributed by atoms with van der Waals surface area (Å²) in [6.07, 6.45) is -0.718. The number of benzodiazepines with no additional fused rings is 1. The van der Waals surface area contributed by atoms with Gasteiger partial charge in [0.05, 0.1) is 11.4 Å². The van der Waals surface area contributed by atoms with Gasteiger partial charge >= 0.3 is 5.97 Å². The molecule has 0 fully saturated rings. The predicted molar refractivity (Wildman–Crippen MR) is 118 cm³/mol. The number of hydrogen-bond donors (Lipinski definition) is 2. The molecule has 28 heavy (non-hydrogen) atoms. The van der Waals surface area contributed by atoms with Gasteiger partial charge in [-0.3, -0.25) is 9.59 Å². The van der Waals surface area contributed by atoms with Crippen molar-refractivity contribution in [3.05, 3.63) is 63.1 Å². The summed E-state index contributed by atoms with van der Waals surface area (Å²) in [5.74, 6) is -1.06. The third kappa shape index (κ3) is 5.20. The van der Waals surface area contributed by atoms with E-state index in [0.29, 0.717) is 40.5 Å². The zero-order valence-corrected chi connectivity index (χ0v) is 18.7. The van der Waals surface area contributed by atoms with Gasteiger partial charge in [-0.2, -0.15) is 0 Å². The number of aliphatic imine (C=N–C) groups is 1. The lowest BCUT2D eigenvalue weighted by molar-refractivity contribution is -0.153. The van der Waals surface area contributed by atoms with Crippen molar-refractivity contribution in [2.75, 3.05) is 11.9 Å². The lowest BCUT2D eigenvalue weighted by atomic mass is 10.0. The van der Waals surface area contributed by atoms with E-state index in [1.54, 1.807) is 30.3 Å². The Bertz CT molecular complexity index is 921. The SMILES string of the molecule is Br.NCCCC(=O)OC1N=C(c2ccccc2Cl)c2cc(Br)ccc2NC1=O. The normalized spacial score (nSPS) is 15.5. The molecule has 1 aliphatic rings. The van der Waals surface area contributed by atoms with Crippen molar-refractivity contribution in [3.63, 3.8) is 0 Å². The first-order valence-electron chi connectivity index (χ1n) is 8.32. The van der Waals surface area contributed by atoms with E-state index < -0.39 is 18.1 Å². The number of ether oxygens (including phenoxy) is 1. The van der Waals surface area contributed by atoms with Crippen LogP contribution in [0.4, 0.5) is 5.69 Å². The highest BCUT2D eigenvalue weighted by Crippen LogP contribution is 2.30. The highest BCUT2D eigenvalue weighted by Gasteiger charge is 2.29. The van der Waals surface area contributed by atoms with E-state index in [1.165, 1.54) is 0 Å². The number of nitrogens with one attached hydrogen (secondary N) is 1. The van der Waals surface area contributed by atoms with Gasteiger partial charge in [-0.05, 0) is 37.2 Å². The van der Waals surface area contributed by atoms with Crippen molar-refractivity contribution in [3.8, 4) is 0 Å². The molecule has 0 saturated carbocycles. The van der Waals surface area contributed by atoms with Crippen LogP contribution in [0, 0.1) is 0 Å². The summed E-state index contributed by atoms with van der Waals surface area (Å²) in [5.41, 5.74) is 7.75. The van der Waals surface area contributed by atoms with Crippen molar-refractivity contribution in [1.82, 2.24) is 0 Å². The molecule has 0 aliphatic carbocycles. The number of nitrogens with zero attached hydrogens (tertiary/aromatic N) is 1. The fourth-order valence-electron chi connectivity index (χ4n) is 2.64. The van der Waals surface area contributed by atoms with Gasteiger partial charge < -0.3 is 15.8 Å². The van der Waals surface area contributed by atoms with E-state index in [-0.39, 0.29) is 23.4 Å². The number of esters is 1. The lowest BCUT2D eigenvalue weighted by Gasteiger charge is -2.12. The zero-order chi connectivity index (χ0) is 19.4. The largest absolute Gasteiger partial charge is 0.430 e. The van der Waals surface area contributed by atoms with Crippen molar-refractivity contribution >= 4 is 67.8 Å². The minimum Gasteiger partial charge on any atom is -0.430 e. The Labute approximate surface area is 186 Å². The second kappa shape index (κ2) is 10.2. The average molecular weight is 532 g/mol. The number of anilines is 1. The first-order valence-corrected chi connectivity index (χ1v) is 9.49. The number of carbonyl (C=O) groups excluding carboxylic acids is 2. The molecule has 0 aromatic heterocycles. The third-order valence-corrected chi connectivity index (χ3v) is 4.75. The van der Waals surface area contributed by atoms with Crippen LogP contribution >= 0.6 is 44.5 Å². The predicted octanol–water partition coefficient (Wildman–Crippen LogP) is 4.08. The number of hydrogen-bond acceptors (Lipinski definition) is 5. The summed E-state index contributed by atoms with van der Waals surface area (Å²) in [4.78, 5) is 29.0. The third-order valence-electron chi connectivity index (χ3n) is 3.92. The van der Waals surface area contributed by atoms with E-state index in [9.17, 15) is 9.59 Å². The van der Waals surface area contributed by atoms with Gasteiger partial charge in [0.2, 0.25) is 0 Å². The molecule has 9 heteroatoms. The molecule has 1 heterocycles. The monoisotopic (exact) mass is 529 g/mol. The molecule has 0 spiro atoms. The molecular formula is C19H18Br2ClN3O3. The van der Waals surface area contributed by atoms with Gasteiger partial charge in [-0.1, -0.05) is 45.7 Å². The van der Waals surface area contributed by atoms with Crippen LogP contribution in [0.3, 0.4) is 0 Å². The van der Waals surface area contributed by atoms with Crippen LogP contribution in [0.25, 0.3) is 0 Å². The number of nitrogens with two attached hydrogens (primary N) is 1. The quantitative estimate of drug-likeness (QED) is 0.569. The molecule has 3 rings (SSSR count). The molecule has 148 valence electrons. The fourth-order valence-corrected chi connectivity index (χ4v) is 3.23. The summed E-state index contributed by atoms with van der Waals surface area (Å²) in [5, 5.41) is 3.24. The highest BCUT2D eigenvalue weighted by atomic mass is 79.9. The molecule has 1 unspecified atom stereocenters. The van der Waals surface area contributed by atoms with E-state index in [2.05, 4.69) is 26.2 Å². The molecule has 2 aromatic rings. The summed E-state index contributed by atoms with van der Waals surface area (Å²) >= 11 is 9.79. The molecule has 2 aromatic carbocycles. The maximum Gasteiger partial charge on any atom is 0.308 e. The number of rotatable bonds is 5. The molecule has 0 radical (unpaired) electrons. The standard InChI is InChI=1S/C19H17BrClN3O3.BrH/c20-11-7-8-15-13(10-11)17(12-4-1-2-5-14(12)21)24-19(18(26)23-15)27-16(25)6-3-9-22;/h1-2,4-5,7-8,10,19H,3,6,9,22H2,(H,23,26);1H. The number of carbonyl (C=O) groups is 2. The first-order chi connectivity index (χ1) is 13.0. The summed E-state index contributed by atoms with van der Waals surface area (Å²) in [7, 11) is 0. The van der Waals surface area contributed by atoms with Gasteiger partial charge in [-0.25, -0.2) is 4.99 Å². The molecule has 0 saturated heterocycles. The van der Waals surface area contributed by atoms with Gasteiger partial charge in [0, 0.05) is 27.0 Å². The van der Waals surface area contributed by atoms with Crippen molar-refractivity contribution < 1.29 is 14.3 Å². The highest BCUT2D eigenvalue weighted by molar-refractivity contribution is 9.10. The first kappa shape index (κ1) is 22.5. The number of halogens is 3. The molecule has 1 aliphatic heterocycles. The molecular weight excluding hydrogens is 513 g/mol. The Morgan fingerprint density at radius 2 is 2.00 bits per heavy atom. The molecule has 1 amide bonds. The summed E-state index contributed by atoms with van der Waals surface area (Å²) < 4.78 is 6.10. The Morgan fingerprint density at radius 3 is 2.71 bits per heavy atom. The van der Waals surface area contributed by atoms with Crippen LogP contribution in [0.5, 0.6) is 0 Å². The van der Waals surface area contributed by atoms with Crippen molar-refractivity contribution in [2.45, 2.75) is 19.1 Å². The Kier molecular flexibility index (Phi) is 8.18. The number of fused-ring (bicyclic) bond motifs is 1. The number of benzene rings is 2. The van der Waals surface area contributed by atoms with Crippen molar-refractivity contribution in [2.24, 2.45) is 10.7 Å². The second-order valence-corrected chi connectivity index (χ2v) is 7.19. The zero-order valence-electron chi connectivity index (χ0n) is 14.7. The van der Waals surface area contributed by atoms with Crippen LogP contribution in [-0.2, 0) is 14.3 Å². The second-order valence-electron chi connectivity index (χ2n) is 5.87.